The van der Waals surface area contributed by atoms with Gasteiger partial charge in [-0.25, -0.2) is 8.42 Å². The smallest absolute Gasteiger partial charge is 0.322 e. The van der Waals surface area contributed by atoms with Crippen LogP contribution in [0.3, 0.4) is 0 Å². The Morgan fingerprint density at radius 2 is 1.61 bits per heavy atom. The first-order valence-electron chi connectivity index (χ1n) is 11.4. The van der Waals surface area contributed by atoms with Gasteiger partial charge in [-0.2, -0.15) is 17.5 Å². The average Bonchev–Trinajstić information content (AvgIpc) is 2.85. The topological polar surface area (TPSA) is 69.7 Å². The molecule has 4 rings (SSSR count). The SMILES string of the molecule is Cc1ccc(S(=O)(=O)N2CCN(Cc3ccccc3)CC2)cc1C(=O)Nc1cccc(C(F)(F)F)c1. The van der Waals surface area contributed by atoms with Crippen LogP contribution >= 0.6 is 0 Å². The molecular formula is C26H26F3N3O3S. The summed E-state index contributed by atoms with van der Waals surface area (Å²) in [5.74, 6) is -0.684. The molecule has 0 aliphatic carbocycles. The van der Waals surface area contributed by atoms with Gasteiger partial charge in [0.1, 0.15) is 0 Å². The van der Waals surface area contributed by atoms with Gasteiger partial charge in [-0.15, -0.1) is 0 Å². The summed E-state index contributed by atoms with van der Waals surface area (Å²) in [6, 6.07) is 18.5. The second kappa shape index (κ2) is 10.4. The van der Waals surface area contributed by atoms with Crippen molar-refractivity contribution in [3.05, 3.63) is 95.1 Å². The molecule has 1 heterocycles. The number of nitrogens with zero attached hydrogens (tertiary/aromatic N) is 2. The molecule has 0 radical (unpaired) electrons. The summed E-state index contributed by atoms with van der Waals surface area (Å²) in [6.45, 7) is 4.15. The van der Waals surface area contributed by atoms with Gasteiger partial charge in [0.2, 0.25) is 10.0 Å². The zero-order valence-electron chi connectivity index (χ0n) is 19.6. The van der Waals surface area contributed by atoms with Crippen LogP contribution in [0.4, 0.5) is 18.9 Å². The monoisotopic (exact) mass is 517 g/mol. The highest BCUT2D eigenvalue weighted by atomic mass is 32.2. The van der Waals surface area contributed by atoms with Gasteiger partial charge in [0.05, 0.1) is 10.5 Å². The number of alkyl halides is 3. The lowest BCUT2D eigenvalue weighted by atomic mass is 10.1. The second-order valence-electron chi connectivity index (χ2n) is 8.68. The summed E-state index contributed by atoms with van der Waals surface area (Å²) in [5.41, 5.74) is 0.822. The first-order valence-corrected chi connectivity index (χ1v) is 12.8. The summed E-state index contributed by atoms with van der Waals surface area (Å²) in [6.07, 6.45) is -4.55. The summed E-state index contributed by atoms with van der Waals surface area (Å²) in [4.78, 5) is 15.0. The van der Waals surface area contributed by atoms with E-state index in [0.29, 0.717) is 31.7 Å². The maximum atomic E-state index is 13.3. The van der Waals surface area contributed by atoms with Crippen molar-refractivity contribution in [3.8, 4) is 0 Å². The van der Waals surface area contributed by atoms with Gasteiger partial charge in [-0.05, 0) is 48.4 Å². The minimum atomic E-state index is -4.55. The van der Waals surface area contributed by atoms with E-state index in [1.807, 2.05) is 30.3 Å². The highest BCUT2D eigenvalue weighted by molar-refractivity contribution is 7.89. The highest BCUT2D eigenvalue weighted by Gasteiger charge is 2.31. The Hall–Kier alpha value is -3.21. The molecule has 3 aromatic rings. The number of carbonyl (C=O) groups is 1. The van der Waals surface area contributed by atoms with Gasteiger partial charge in [0.25, 0.3) is 5.91 Å². The molecule has 36 heavy (non-hydrogen) atoms. The van der Waals surface area contributed by atoms with Gasteiger partial charge in [0.15, 0.2) is 0 Å². The Balaban J connectivity index is 1.47. The first kappa shape index (κ1) is 25.9. The molecule has 1 N–H and O–H groups in total. The molecule has 0 spiro atoms. The predicted octanol–water partition coefficient (Wildman–Crippen LogP) is 4.77. The third kappa shape index (κ3) is 5.95. The van der Waals surface area contributed by atoms with Crippen molar-refractivity contribution < 1.29 is 26.4 Å². The van der Waals surface area contributed by atoms with Crippen molar-refractivity contribution >= 4 is 21.6 Å². The normalized spacial score (nSPS) is 15.6. The van der Waals surface area contributed by atoms with Crippen LogP contribution in [-0.4, -0.2) is 49.7 Å². The minimum Gasteiger partial charge on any atom is -0.322 e. The van der Waals surface area contributed by atoms with Crippen molar-refractivity contribution in [2.45, 2.75) is 24.5 Å². The minimum absolute atomic E-state index is 0.0289. The van der Waals surface area contributed by atoms with Crippen LogP contribution in [0.2, 0.25) is 0 Å². The second-order valence-corrected chi connectivity index (χ2v) is 10.6. The molecule has 1 saturated heterocycles. The third-order valence-corrected chi connectivity index (χ3v) is 8.01. The average molecular weight is 518 g/mol. The summed E-state index contributed by atoms with van der Waals surface area (Å²) < 4.78 is 67.0. The van der Waals surface area contributed by atoms with Crippen molar-refractivity contribution in [1.29, 1.82) is 0 Å². The standard InChI is InChI=1S/C26H26F3N3O3S/c1-19-10-11-23(17-24(19)25(33)30-22-9-5-8-21(16-22)26(27,28)29)36(34,35)32-14-12-31(13-15-32)18-20-6-3-2-4-7-20/h2-11,16-17H,12-15,18H2,1H3,(H,30,33). The van der Waals surface area contributed by atoms with Gasteiger partial charge < -0.3 is 5.32 Å². The Bertz CT molecular complexity index is 1340. The molecule has 0 aromatic heterocycles. The number of nitrogens with one attached hydrogen (secondary N) is 1. The van der Waals surface area contributed by atoms with E-state index < -0.39 is 27.7 Å². The molecule has 10 heteroatoms. The van der Waals surface area contributed by atoms with Crippen molar-refractivity contribution in [1.82, 2.24) is 9.21 Å². The number of benzene rings is 3. The van der Waals surface area contributed by atoms with E-state index in [2.05, 4.69) is 10.2 Å². The van der Waals surface area contributed by atoms with Crippen molar-refractivity contribution in [2.75, 3.05) is 31.5 Å². The molecule has 190 valence electrons. The van der Waals surface area contributed by atoms with Crippen LogP contribution in [0.1, 0.15) is 27.0 Å². The lowest BCUT2D eigenvalue weighted by molar-refractivity contribution is -0.137. The molecule has 0 saturated carbocycles. The fraction of sp³-hybridized carbons (Fsp3) is 0.269. The maximum Gasteiger partial charge on any atom is 0.416 e. The number of halogens is 3. The quantitative estimate of drug-likeness (QED) is 0.511. The largest absolute Gasteiger partial charge is 0.416 e. The van der Waals surface area contributed by atoms with Gasteiger partial charge in [-0.3, -0.25) is 9.69 Å². The van der Waals surface area contributed by atoms with E-state index in [4.69, 9.17) is 0 Å². The number of hydrogen-bond donors (Lipinski definition) is 1. The molecule has 1 aliphatic rings. The lowest BCUT2D eigenvalue weighted by Crippen LogP contribution is -2.48. The molecule has 3 aromatic carbocycles. The van der Waals surface area contributed by atoms with E-state index in [1.165, 1.54) is 34.6 Å². The number of piperazine rings is 1. The molecule has 0 atom stereocenters. The van der Waals surface area contributed by atoms with Crippen LogP contribution in [0.25, 0.3) is 0 Å². The molecule has 0 unspecified atom stereocenters. The number of rotatable bonds is 6. The number of hydrogen-bond acceptors (Lipinski definition) is 4. The van der Waals surface area contributed by atoms with Crippen LogP contribution in [-0.2, 0) is 22.7 Å². The van der Waals surface area contributed by atoms with E-state index in [0.717, 1.165) is 24.2 Å². The zero-order valence-corrected chi connectivity index (χ0v) is 20.4. The van der Waals surface area contributed by atoms with Crippen molar-refractivity contribution in [3.63, 3.8) is 0 Å². The Kier molecular flexibility index (Phi) is 7.49. The number of sulfonamides is 1. The molecule has 0 bridgehead atoms. The molecule has 1 fully saturated rings. The van der Waals surface area contributed by atoms with E-state index in [-0.39, 0.29) is 16.1 Å². The number of aryl methyl sites for hydroxylation is 1. The Morgan fingerprint density at radius 1 is 0.917 bits per heavy atom. The molecule has 6 nitrogen and oxygen atoms in total. The van der Waals surface area contributed by atoms with Crippen molar-refractivity contribution in [2.24, 2.45) is 0 Å². The van der Waals surface area contributed by atoms with Crippen LogP contribution in [0.15, 0.2) is 77.7 Å². The molecular weight excluding hydrogens is 491 g/mol. The third-order valence-electron chi connectivity index (χ3n) is 6.12. The van der Waals surface area contributed by atoms with E-state index in [1.54, 1.807) is 6.92 Å². The first-order chi connectivity index (χ1) is 17.0. The van der Waals surface area contributed by atoms with Crippen LogP contribution in [0.5, 0.6) is 0 Å². The number of anilines is 1. The maximum absolute atomic E-state index is 13.3. The van der Waals surface area contributed by atoms with Gasteiger partial charge in [0, 0.05) is 44.0 Å². The fourth-order valence-electron chi connectivity index (χ4n) is 4.10. The Labute approximate surface area is 208 Å². The summed E-state index contributed by atoms with van der Waals surface area (Å²) >= 11 is 0. The number of amides is 1. The lowest BCUT2D eigenvalue weighted by Gasteiger charge is -2.34. The summed E-state index contributed by atoms with van der Waals surface area (Å²) in [5, 5.41) is 2.44. The molecule has 1 amide bonds. The summed E-state index contributed by atoms with van der Waals surface area (Å²) in [7, 11) is -3.85. The van der Waals surface area contributed by atoms with E-state index >= 15 is 0 Å². The predicted molar refractivity (Wildman–Crippen MR) is 131 cm³/mol. The Morgan fingerprint density at radius 3 is 2.28 bits per heavy atom. The van der Waals surface area contributed by atoms with Gasteiger partial charge in [-0.1, -0.05) is 42.5 Å². The number of carbonyl (C=O) groups excluding carboxylic acids is 1. The highest BCUT2D eigenvalue weighted by Crippen LogP contribution is 2.31. The van der Waals surface area contributed by atoms with Gasteiger partial charge >= 0.3 is 6.18 Å². The van der Waals surface area contributed by atoms with Crippen LogP contribution in [0, 0.1) is 6.92 Å². The molecule has 1 aliphatic heterocycles. The van der Waals surface area contributed by atoms with E-state index in [9.17, 15) is 26.4 Å². The van der Waals surface area contributed by atoms with Crippen LogP contribution < -0.4 is 5.32 Å². The fourth-order valence-corrected chi connectivity index (χ4v) is 5.55. The zero-order chi connectivity index (χ0) is 25.9.